The highest BCUT2D eigenvalue weighted by Gasteiger charge is 1.89. The third-order valence-electron chi connectivity index (χ3n) is 0.618. The van der Waals surface area contributed by atoms with Gasteiger partial charge in [0, 0.05) is 0 Å². The molecule has 1 rings (SSSR count). The molecular formula is C3H7N2+. The molecule has 2 heteroatoms. The van der Waals surface area contributed by atoms with Crippen LogP contribution in [-0.2, 0) is 0 Å². The Balaban J connectivity index is 2.32. The summed E-state index contributed by atoms with van der Waals surface area (Å²) in [5, 5.41) is 3.06. The molecule has 0 saturated heterocycles. The molecule has 2 N–H and O–H groups in total. The van der Waals surface area contributed by atoms with E-state index in [0.717, 1.165) is 13.2 Å². The Hall–Kier alpha value is -0.370. The van der Waals surface area contributed by atoms with E-state index in [9.17, 15) is 0 Å². The second-order valence-electron chi connectivity index (χ2n) is 1.04. The van der Waals surface area contributed by atoms with Gasteiger partial charge in [0.05, 0.1) is 6.54 Å². The van der Waals surface area contributed by atoms with Gasteiger partial charge in [0.15, 0.2) is 12.9 Å². The van der Waals surface area contributed by atoms with E-state index in [1.54, 1.807) is 0 Å². The molecule has 0 spiro atoms. The van der Waals surface area contributed by atoms with Crippen LogP contribution in [0.3, 0.4) is 0 Å². The second-order valence-corrected chi connectivity index (χ2v) is 1.04. The van der Waals surface area contributed by atoms with Crippen LogP contribution < -0.4 is 10.3 Å². The Morgan fingerprint density at radius 3 is 3.00 bits per heavy atom. The Kier molecular flexibility index (Phi) is 0.667. The predicted molar refractivity (Wildman–Crippen MR) is 19.9 cm³/mol. The third-order valence-corrected chi connectivity index (χ3v) is 0.618. The average molecular weight is 71.1 g/mol. The lowest BCUT2D eigenvalue weighted by molar-refractivity contribution is -0.446. The Labute approximate surface area is 30.9 Å². The van der Waals surface area contributed by atoms with E-state index in [1.165, 1.54) is 0 Å². The van der Waals surface area contributed by atoms with Crippen LogP contribution in [0.25, 0.3) is 0 Å². The molecule has 5 heavy (non-hydrogen) atoms. The van der Waals surface area contributed by atoms with Crippen LogP contribution in [0.15, 0.2) is 0 Å². The minimum atomic E-state index is 0.944. The number of hydrogen-bond donors (Lipinski definition) is 2. The topological polar surface area (TPSA) is 26.0 Å². The van der Waals surface area contributed by atoms with Crippen LogP contribution >= 0.6 is 0 Å². The maximum absolute atomic E-state index is 3.06. The zero-order valence-electron chi connectivity index (χ0n) is 2.99. The summed E-state index contributed by atoms with van der Waals surface area (Å²) in [6.45, 7) is 1.96. The standard InChI is InChI=1S/C3H6N2/c1-2-5-3-4-1/h1,5H,2-3H2/p+1. The number of nitrogens with one attached hydrogen (secondary N) is 2. The lowest BCUT2D eigenvalue weighted by atomic mass is 10.8. The van der Waals surface area contributed by atoms with Crippen molar-refractivity contribution >= 4 is 6.21 Å². The summed E-state index contributed by atoms with van der Waals surface area (Å²) in [5.74, 6) is 0. The van der Waals surface area contributed by atoms with Crippen molar-refractivity contribution < 1.29 is 4.99 Å². The van der Waals surface area contributed by atoms with Crippen LogP contribution in [0.1, 0.15) is 0 Å². The molecule has 0 aliphatic carbocycles. The zero-order valence-corrected chi connectivity index (χ0v) is 2.99. The van der Waals surface area contributed by atoms with Gasteiger partial charge in [-0.3, -0.25) is 5.32 Å². The Morgan fingerprint density at radius 1 is 1.80 bits per heavy atom. The van der Waals surface area contributed by atoms with Gasteiger partial charge in [-0.05, 0) is 0 Å². The van der Waals surface area contributed by atoms with E-state index in [0.29, 0.717) is 0 Å². The lowest BCUT2D eigenvalue weighted by Crippen LogP contribution is -2.67. The summed E-state index contributed by atoms with van der Waals surface area (Å²) < 4.78 is 0. The first-order chi connectivity index (χ1) is 2.50. The highest BCUT2D eigenvalue weighted by Crippen LogP contribution is 1.40. The van der Waals surface area contributed by atoms with Crippen molar-refractivity contribution in [2.45, 2.75) is 0 Å². The molecule has 0 aromatic rings. The van der Waals surface area contributed by atoms with Crippen LogP contribution in [0.5, 0.6) is 0 Å². The molecule has 0 saturated carbocycles. The van der Waals surface area contributed by atoms with Crippen molar-refractivity contribution in [1.82, 2.24) is 5.32 Å². The van der Waals surface area contributed by atoms with E-state index in [4.69, 9.17) is 0 Å². The maximum Gasteiger partial charge on any atom is 0.195 e. The summed E-state index contributed by atoms with van der Waals surface area (Å²) >= 11 is 0. The maximum atomic E-state index is 3.06. The fraction of sp³-hybridized carbons (Fsp3) is 0.667. The summed E-state index contributed by atoms with van der Waals surface area (Å²) in [5.41, 5.74) is 0. The molecule has 0 amide bonds. The fourth-order valence-electron chi connectivity index (χ4n) is 0.361. The lowest BCUT2D eigenvalue weighted by Gasteiger charge is -1.69. The highest BCUT2D eigenvalue weighted by molar-refractivity contribution is 5.53. The minimum absolute atomic E-state index is 0.944. The smallest absolute Gasteiger partial charge is 0.195 e. The molecule has 0 radical (unpaired) electrons. The van der Waals surface area contributed by atoms with Gasteiger partial charge in [0.2, 0.25) is 0 Å². The fourth-order valence-corrected chi connectivity index (χ4v) is 0.361. The molecule has 1 heterocycles. The first kappa shape index (κ1) is 2.85. The second kappa shape index (κ2) is 1.17. The van der Waals surface area contributed by atoms with Crippen LogP contribution in [-0.4, -0.2) is 19.4 Å². The first-order valence-corrected chi connectivity index (χ1v) is 1.76. The summed E-state index contributed by atoms with van der Waals surface area (Å²) in [4.78, 5) is 2.99. The van der Waals surface area contributed by atoms with Gasteiger partial charge < -0.3 is 0 Å². The highest BCUT2D eigenvalue weighted by atomic mass is 15.0. The number of hydrogen-bond acceptors (Lipinski definition) is 1. The van der Waals surface area contributed by atoms with Gasteiger partial charge in [-0.2, -0.15) is 0 Å². The van der Waals surface area contributed by atoms with Gasteiger partial charge in [-0.1, -0.05) is 0 Å². The largest absolute Gasteiger partial charge is 0.253 e. The normalized spacial score (nSPS) is 20.8. The quantitative estimate of drug-likeness (QED) is 0.330. The zero-order chi connectivity index (χ0) is 3.54. The van der Waals surface area contributed by atoms with Gasteiger partial charge >= 0.3 is 0 Å². The first-order valence-electron chi connectivity index (χ1n) is 1.76. The van der Waals surface area contributed by atoms with Crippen molar-refractivity contribution in [1.29, 1.82) is 0 Å². The SMILES string of the molecule is C1=[NH+]CNC1. The van der Waals surface area contributed by atoms with Gasteiger partial charge in [-0.15, -0.1) is 0 Å². The Bertz CT molecular complexity index is 42.9. The van der Waals surface area contributed by atoms with Crippen molar-refractivity contribution in [2.75, 3.05) is 13.2 Å². The van der Waals surface area contributed by atoms with Crippen molar-refractivity contribution in [3.05, 3.63) is 0 Å². The van der Waals surface area contributed by atoms with Crippen molar-refractivity contribution in [2.24, 2.45) is 0 Å². The van der Waals surface area contributed by atoms with Crippen LogP contribution in [0.4, 0.5) is 0 Å². The van der Waals surface area contributed by atoms with E-state index < -0.39 is 0 Å². The molecule has 0 bridgehead atoms. The van der Waals surface area contributed by atoms with Crippen LogP contribution in [0, 0.1) is 0 Å². The van der Waals surface area contributed by atoms with Gasteiger partial charge in [0.1, 0.15) is 0 Å². The van der Waals surface area contributed by atoms with Crippen molar-refractivity contribution in [3.8, 4) is 0 Å². The van der Waals surface area contributed by atoms with Gasteiger partial charge in [-0.25, -0.2) is 4.99 Å². The van der Waals surface area contributed by atoms with Crippen LogP contribution in [0.2, 0.25) is 0 Å². The molecule has 0 atom stereocenters. The summed E-state index contributed by atoms with van der Waals surface area (Å²) in [6, 6.07) is 0. The van der Waals surface area contributed by atoms with E-state index >= 15 is 0 Å². The number of rotatable bonds is 0. The molecular weight excluding hydrogens is 64.0 g/mol. The molecule has 0 unspecified atom stereocenters. The molecule has 1 aliphatic heterocycles. The minimum Gasteiger partial charge on any atom is -0.253 e. The summed E-state index contributed by atoms with van der Waals surface area (Å²) in [7, 11) is 0. The van der Waals surface area contributed by atoms with E-state index in [1.807, 2.05) is 6.21 Å². The Morgan fingerprint density at radius 2 is 2.80 bits per heavy atom. The molecule has 0 fully saturated rings. The predicted octanol–water partition coefficient (Wildman–Crippen LogP) is -2.30. The molecule has 28 valence electrons. The third kappa shape index (κ3) is 0.450. The molecule has 0 aromatic carbocycles. The van der Waals surface area contributed by atoms with Gasteiger partial charge in [0.25, 0.3) is 0 Å². The summed E-state index contributed by atoms with van der Waals surface area (Å²) in [6.07, 6.45) is 2.00. The average Bonchev–Trinajstić information content (AvgIpc) is 1.76. The van der Waals surface area contributed by atoms with Crippen molar-refractivity contribution in [3.63, 3.8) is 0 Å². The van der Waals surface area contributed by atoms with E-state index in [-0.39, 0.29) is 0 Å². The molecule has 1 aliphatic rings. The monoisotopic (exact) mass is 71.1 g/mol. The molecule has 0 aromatic heterocycles. The van der Waals surface area contributed by atoms with E-state index in [2.05, 4.69) is 10.3 Å². The molecule has 2 nitrogen and oxygen atoms in total.